The molecule has 0 aliphatic carbocycles. The fraction of sp³-hybridized carbons (Fsp3) is 0.455. The van der Waals surface area contributed by atoms with Gasteiger partial charge in [-0.2, -0.15) is 0 Å². The van der Waals surface area contributed by atoms with Gasteiger partial charge in [0.1, 0.15) is 0 Å². The van der Waals surface area contributed by atoms with Crippen molar-refractivity contribution in [1.29, 1.82) is 0 Å². The lowest BCUT2D eigenvalue weighted by molar-refractivity contribution is 0.617. The van der Waals surface area contributed by atoms with Crippen LogP contribution in [0.5, 0.6) is 0 Å². The highest BCUT2D eigenvalue weighted by atomic mass is 31.2. The van der Waals surface area contributed by atoms with Gasteiger partial charge in [-0.3, -0.25) is 0 Å². The Morgan fingerprint density at radius 3 is 2.15 bits per heavy atom. The van der Waals surface area contributed by atoms with E-state index in [1.54, 1.807) is 0 Å². The van der Waals surface area contributed by atoms with E-state index in [1.165, 1.54) is 23.7 Å². The van der Waals surface area contributed by atoms with Gasteiger partial charge in [-0.25, -0.2) is 0 Å². The van der Waals surface area contributed by atoms with Crippen LogP contribution in [-0.2, 0) is 0 Å². The van der Waals surface area contributed by atoms with E-state index in [2.05, 4.69) is 31.2 Å². The Morgan fingerprint density at radius 1 is 1.08 bits per heavy atom. The van der Waals surface area contributed by atoms with Crippen LogP contribution in [0.4, 0.5) is 0 Å². The quantitative estimate of drug-likeness (QED) is 0.682. The molecule has 1 aromatic carbocycles. The highest BCUT2D eigenvalue weighted by Crippen LogP contribution is 2.58. The molecule has 0 atom stereocenters. The van der Waals surface area contributed by atoms with Crippen molar-refractivity contribution in [3.8, 4) is 0 Å². The predicted octanol–water partition coefficient (Wildman–Crippen LogP) is 2.34. The number of hydrogen-bond donors (Lipinski definition) is 1. The van der Waals surface area contributed by atoms with Crippen LogP contribution in [0.25, 0.3) is 0 Å². The van der Waals surface area contributed by atoms with Gasteiger partial charge >= 0.3 is 0 Å². The van der Waals surface area contributed by atoms with Crippen molar-refractivity contribution >= 4 is 12.8 Å². The standard InChI is InChI=1S/C11H16OP/c1-10-4-6-11(7-5-10)13(12)8-2-3-9-13/h4-7,12H,2-3,8-9H2,1H3. The van der Waals surface area contributed by atoms with Gasteiger partial charge in [0.15, 0.2) is 0 Å². The second-order valence-electron chi connectivity index (χ2n) is 3.91. The summed E-state index contributed by atoms with van der Waals surface area (Å²) in [6.45, 7) is 2.08. The van der Waals surface area contributed by atoms with Crippen molar-refractivity contribution in [2.45, 2.75) is 19.8 Å². The van der Waals surface area contributed by atoms with Crippen LogP contribution in [0.3, 0.4) is 0 Å². The van der Waals surface area contributed by atoms with Crippen LogP contribution >= 0.6 is 7.49 Å². The highest BCUT2D eigenvalue weighted by Gasteiger charge is 2.30. The van der Waals surface area contributed by atoms with Gasteiger partial charge in [0.25, 0.3) is 0 Å². The van der Waals surface area contributed by atoms with E-state index in [9.17, 15) is 4.89 Å². The number of rotatable bonds is 1. The Labute approximate surface area is 80.2 Å². The van der Waals surface area contributed by atoms with Crippen LogP contribution in [0, 0.1) is 6.92 Å². The van der Waals surface area contributed by atoms with Gasteiger partial charge < -0.3 is 4.89 Å². The first-order chi connectivity index (χ1) is 6.21. The molecular formula is C11H16OP. The zero-order valence-electron chi connectivity index (χ0n) is 8.03. The average molecular weight is 195 g/mol. The van der Waals surface area contributed by atoms with Gasteiger partial charge in [0.05, 0.1) is 0 Å². The van der Waals surface area contributed by atoms with E-state index in [0.717, 1.165) is 12.3 Å². The third-order valence-electron chi connectivity index (χ3n) is 2.82. The van der Waals surface area contributed by atoms with Crippen molar-refractivity contribution in [1.82, 2.24) is 0 Å². The maximum absolute atomic E-state index is 10.4. The average Bonchev–Trinajstić information content (AvgIpc) is 2.54. The van der Waals surface area contributed by atoms with Crippen molar-refractivity contribution in [3.05, 3.63) is 29.8 Å². The molecule has 1 aromatic rings. The molecule has 1 aliphatic heterocycles. The Morgan fingerprint density at radius 2 is 1.62 bits per heavy atom. The van der Waals surface area contributed by atoms with Crippen molar-refractivity contribution in [2.24, 2.45) is 0 Å². The second kappa shape index (κ2) is 3.40. The maximum Gasteiger partial charge on any atom is 0.0117 e. The molecule has 0 bridgehead atoms. The van der Waals surface area contributed by atoms with Crippen LogP contribution in [0.1, 0.15) is 18.4 Å². The lowest BCUT2D eigenvalue weighted by Crippen LogP contribution is -2.11. The molecule has 1 radical (unpaired) electrons. The summed E-state index contributed by atoms with van der Waals surface area (Å²) in [4.78, 5) is 10.4. The minimum absolute atomic E-state index is 1.04. The monoisotopic (exact) mass is 195 g/mol. The molecule has 1 aliphatic rings. The normalized spacial score (nSPS) is 20.5. The van der Waals surface area contributed by atoms with Crippen LogP contribution in [0.15, 0.2) is 24.3 Å². The Kier molecular flexibility index (Phi) is 2.40. The first-order valence-electron chi connectivity index (χ1n) is 4.88. The molecule has 2 rings (SSSR count). The molecule has 1 N–H and O–H groups in total. The SMILES string of the molecule is Cc1ccc([P]2(O)CCCC2)cc1. The first kappa shape index (κ1) is 9.18. The van der Waals surface area contributed by atoms with Crippen molar-refractivity contribution in [2.75, 3.05) is 12.3 Å². The summed E-state index contributed by atoms with van der Waals surface area (Å²) in [5.41, 5.74) is 1.27. The third kappa shape index (κ3) is 1.77. The Hall–Kier alpha value is -0.390. The number of benzene rings is 1. The van der Waals surface area contributed by atoms with Crippen LogP contribution in [0.2, 0.25) is 0 Å². The Balaban J connectivity index is 2.29. The summed E-state index contributed by atoms with van der Waals surface area (Å²) in [7, 11) is -1.69. The molecule has 0 spiro atoms. The molecule has 1 fully saturated rings. The Bertz CT molecular complexity index is 285. The van der Waals surface area contributed by atoms with Gasteiger partial charge in [-0.1, -0.05) is 29.8 Å². The summed E-state index contributed by atoms with van der Waals surface area (Å²) in [6, 6.07) is 8.42. The summed E-state index contributed by atoms with van der Waals surface area (Å²) < 4.78 is 0. The van der Waals surface area contributed by atoms with Gasteiger partial charge in [0, 0.05) is 7.49 Å². The van der Waals surface area contributed by atoms with Crippen molar-refractivity contribution in [3.63, 3.8) is 0 Å². The minimum Gasteiger partial charge on any atom is -0.375 e. The molecular weight excluding hydrogens is 179 g/mol. The van der Waals surface area contributed by atoms with E-state index >= 15 is 0 Å². The van der Waals surface area contributed by atoms with Crippen LogP contribution in [-0.4, -0.2) is 17.2 Å². The summed E-state index contributed by atoms with van der Waals surface area (Å²) in [5.74, 6) is 0. The third-order valence-corrected chi connectivity index (χ3v) is 6.19. The molecule has 71 valence electrons. The largest absolute Gasteiger partial charge is 0.375 e. The molecule has 0 unspecified atom stereocenters. The zero-order valence-corrected chi connectivity index (χ0v) is 8.93. The van der Waals surface area contributed by atoms with E-state index in [1.807, 2.05) is 0 Å². The fourth-order valence-electron chi connectivity index (χ4n) is 1.94. The molecule has 1 heterocycles. The first-order valence-corrected chi connectivity index (χ1v) is 6.99. The molecule has 1 saturated heterocycles. The zero-order chi connectivity index (χ0) is 9.31. The number of hydrogen-bond acceptors (Lipinski definition) is 1. The van der Waals surface area contributed by atoms with E-state index in [-0.39, 0.29) is 0 Å². The fourth-order valence-corrected chi connectivity index (χ4v) is 4.88. The molecule has 0 aromatic heterocycles. The van der Waals surface area contributed by atoms with E-state index in [0.29, 0.717) is 0 Å². The van der Waals surface area contributed by atoms with Crippen LogP contribution < -0.4 is 5.30 Å². The van der Waals surface area contributed by atoms with E-state index < -0.39 is 7.49 Å². The molecule has 0 amide bonds. The second-order valence-corrected chi connectivity index (χ2v) is 7.17. The topological polar surface area (TPSA) is 20.2 Å². The molecule has 0 saturated carbocycles. The molecule has 2 heteroatoms. The minimum atomic E-state index is -1.69. The maximum atomic E-state index is 10.4. The van der Waals surface area contributed by atoms with E-state index in [4.69, 9.17) is 0 Å². The van der Waals surface area contributed by atoms with Crippen molar-refractivity contribution < 1.29 is 4.89 Å². The highest BCUT2D eigenvalue weighted by molar-refractivity contribution is 7.78. The lowest BCUT2D eigenvalue weighted by Gasteiger charge is -2.24. The smallest absolute Gasteiger partial charge is 0.0117 e. The molecule has 1 nitrogen and oxygen atoms in total. The summed E-state index contributed by atoms with van der Waals surface area (Å²) in [5, 5.41) is 1.20. The summed E-state index contributed by atoms with van der Waals surface area (Å²) in [6.07, 6.45) is 4.49. The molecule has 13 heavy (non-hydrogen) atoms. The van der Waals surface area contributed by atoms with Gasteiger partial charge in [0.2, 0.25) is 0 Å². The summed E-state index contributed by atoms with van der Waals surface area (Å²) >= 11 is 0. The van der Waals surface area contributed by atoms with Gasteiger partial charge in [-0.05, 0) is 37.4 Å². The number of aryl methyl sites for hydroxylation is 1. The van der Waals surface area contributed by atoms with Gasteiger partial charge in [-0.15, -0.1) is 0 Å². The predicted molar refractivity (Wildman–Crippen MR) is 58.9 cm³/mol. The lowest BCUT2D eigenvalue weighted by atomic mass is 10.2.